The summed E-state index contributed by atoms with van der Waals surface area (Å²) in [6.45, 7) is 6.26. The molecule has 2 aliphatic rings. The fourth-order valence-corrected chi connectivity index (χ4v) is 3.45. The van der Waals surface area contributed by atoms with Crippen molar-refractivity contribution in [3.63, 3.8) is 0 Å². The zero-order valence-electron chi connectivity index (χ0n) is 11.5. The van der Waals surface area contributed by atoms with Crippen LogP contribution in [0.15, 0.2) is 0 Å². The monoisotopic (exact) mass is 268 g/mol. The summed E-state index contributed by atoms with van der Waals surface area (Å²) in [4.78, 5) is 15.1. The van der Waals surface area contributed by atoms with E-state index in [9.17, 15) is 4.79 Å². The fourth-order valence-electron chi connectivity index (χ4n) is 3.16. The molecule has 1 saturated heterocycles. The van der Waals surface area contributed by atoms with Crippen molar-refractivity contribution in [3.05, 3.63) is 0 Å². The number of carbonyl (C=O) groups is 1. The molecule has 0 atom stereocenters. The fraction of sp³-hybridized carbons (Fsp3) is 0.857. The lowest BCUT2D eigenvalue weighted by Crippen LogP contribution is -2.52. The Hall–Kier alpha value is -0.640. The van der Waals surface area contributed by atoms with Gasteiger partial charge in [0.1, 0.15) is 0 Å². The molecule has 1 saturated carbocycles. The minimum atomic E-state index is -0.517. The second-order valence-corrected chi connectivity index (χ2v) is 7.05. The smallest absolute Gasteiger partial charge is 0.235 e. The average Bonchev–Trinajstić information content (AvgIpc) is 2.78. The molecule has 1 aliphatic carbocycles. The van der Waals surface area contributed by atoms with E-state index in [0.717, 1.165) is 51.6 Å². The number of nitrogens with two attached hydrogens (primary N) is 1. The van der Waals surface area contributed by atoms with E-state index in [4.69, 9.17) is 18.0 Å². The van der Waals surface area contributed by atoms with Gasteiger partial charge in [0.05, 0.1) is 10.4 Å². The normalized spacial score (nSPS) is 26.0. The first-order chi connectivity index (χ1) is 8.37. The maximum Gasteiger partial charge on any atom is 0.235 e. The van der Waals surface area contributed by atoms with E-state index in [1.807, 2.05) is 4.90 Å². The van der Waals surface area contributed by atoms with Crippen LogP contribution in [0.1, 0.15) is 52.4 Å². The van der Waals surface area contributed by atoms with Gasteiger partial charge in [0, 0.05) is 13.1 Å². The molecule has 18 heavy (non-hydrogen) atoms. The number of thiocarbonyl (C=S) groups is 1. The SMILES string of the molecule is CC1(C)CCN(C(=O)C2(C(N)=S)CCCC2)CC1. The van der Waals surface area contributed by atoms with Crippen molar-refractivity contribution < 1.29 is 4.79 Å². The van der Waals surface area contributed by atoms with Gasteiger partial charge in [-0.15, -0.1) is 0 Å². The van der Waals surface area contributed by atoms with Crippen molar-refractivity contribution in [2.75, 3.05) is 13.1 Å². The lowest BCUT2D eigenvalue weighted by Gasteiger charge is -2.41. The predicted molar refractivity (Wildman–Crippen MR) is 77.3 cm³/mol. The molecule has 2 fully saturated rings. The van der Waals surface area contributed by atoms with Crippen LogP contribution < -0.4 is 5.73 Å². The molecule has 102 valence electrons. The largest absolute Gasteiger partial charge is 0.392 e. The molecule has 2 N–H and O–H groups in total. The Kier molecular flexibility index (Phi) is 3.67. The number of nitrogens with zero attached hydrogens (tertiary/aromatic N) is 1. The van der Waals surface area contributed by atoms with Crippen molar-refractivity contribution >= 4 is 23.1 Å². The van der Waals surface area contributed by atoms with E-state index in [-0.39, 0.29) is 5.91 Å². The predicted octanol–water partition coefficient (Wildman–Crippen LogP) is 2.48. The molecule has 3 nitrogen and oxygen atoms in total. The van der Waals surface area contributed by atoms with Crippen LogP contribution in [0, 0.1) is 10.8 Å². The van der Waals surface area contributed by atoms with Crippen LogP contribution in [-0.4, -0.2) is 28.9 Å². The molecule has 0 radical (unpaired) electrons. The lowest BCUT2D eigenvalue weighted by atomic mass is 9.80. The van der Waals surface area contributed by atoms with Gasteiger partial charge in [-0.1, -0.05) is 38.9 Å². The summed E-state index contributed by atoms with van der Waals surface area (Å²) in [6.07, 6.45) is 5.99. The van der Waals surface area contributed by atoms with Crippen molar-refractivity contribution in [3.8, 4) is 0 Å². The van der Waals surface area contributed by atoms with Gasteiger partial charge in [0.15, 0.2) is 0 Å². The first-order valence-corrected chi connectivity index (χ1v) is 7.38. The Balaban J connectivity index is 2.09. The zero-order valence-corrected chi connectivity index (χ0v) is 12.3. The summed E-state index contributed by atoms with van der Waals surface area (Å²) in [7, 11) is 0. The summed E-state index contributed by atoms with van der Waals surface area (Å²) in [5, 5.41) is 0. The van der Waals surface area contributed by atoms with Gasteiger partial charge in [0.2, 0.25) is 5.91 Å². The zero-order chi connectivity index (χ0) is 13.4. The average molecular weight is 268 g/mol. The maximum atomic E-state index is 12.7. The Morgan fingerprint density at radius 1 is 1.11 bits per heavy atom. The third kappa shape index (κ3) is 2.40. The molecule has 1 heterocycles. The molecule has 0 spiro atoms. The van der Waals surface area contributed by atoms with Gasteiger partial charge >= 0.3 is 0 Å². The number of carbonyl (C=O) groups excluding carboxylic acids is 1. The van der Waals surface area contributed by atoms with Crippen molar-refractivity contribution in [2.45, 2.75) is 52.4 Å². The van der Waals surface area contributed by atoms with Crippen LogP contribution in [0.2, 0.25) is 0 Å². The van der Waals surface area contributed by atoms with E-state index in [1.165, 1.54) is 0 Å². The standard InChI is InChI=1S/C14H24N2OS/c1-13(2)7-9-16(10-8-13)12(17)14(11(15)18)5-3-4-6-14/h3-10H2,1-2H3,(H2,15,18). The quantitative estimate of drug-likeness (QED) is 0.783. The van der Waals surface area contributed by atoms with Crippen LogP contribution >= 0.6 is 12.2 Å². The Labute approximate surface area is 115 Å². The molecule has 4 heteroatoms. The second kappa shape index (κ2) is 4.80. The van der Waals surface area contributed by atoms with E-state index >= 15 is 0 Å². The summed E-state index contributed by atoms with van der Waals surface area (Å²) in [5.41, 5.74) is 5.72. The van der Waals surface area contributed by atoms with Gasteiger partial charge in [-0.2, -0.15) is 0 Å². The number of piperidine rings is 1. The Morgan fingerprint density at radius 2 is 1.61 bits per heavy atom. The molecule has 0 aromatic carbocycles. The minimum Gasteiger partial charge on any atom is -0.392 e. The van der Waals surface area contributed by atoms with E-state index in [0.29, 0.717) is 10.4 Å². The van der Waals surface area contributed by atoms with Crippen LogP contribution in [0.3, 0.4) is 0 Å². The third-order valence-corrected chi connectivity index (χ3v) is 5.13. The van der Waals surface area contributed by atoms with Crippen molar-refractivity contribution in [2.24, 2.45) is 16.6 Å². The van der Waals surface area contributed by atoms with Gasteiger partial charge in [-0.05, 0) is 31.1 Å². The Morgan fingerprint density at radius 3 is 2.06 bits per heavy atom. The Bertz CT molecular complexity index is 349. The van der Waals surface area contributed by atoms with E-state index in [2.05, 4.69) is 13.8 Å². The minimum absolute atomic E-state index is 0.197. The molecule has 0 aromatic rings. The molecule has 0 unspecified atom stereocenters. The summed E-state index contributed by atoms with van der Waals surface area (Å²) in [6, 6.07) is 0. The molecule has 0 aromatic heterocycles. The van der Waals surface area contributed by atoms with Gasteiger partial charge in [-0.25, -0.2) is 0 Å². The highest BCUT2D eigenvalue weighted by Gasteiger charge is 2.46. The van der Waals surface area contributed by atoms with Crippen LogP contribution in [0.25, 0.3) is 0 Å². The first kappa shape index (κ1) is 13.8. The van der Waals surface area contributed by atoms with Crippen LogP contribution in [-0.2, 0) is 4.79 Å². The van der Waals surface area contributed by atoms with Gasteiger partial charge < -0.3 is 10.6 Å². The molecular weight excluding hydrogens is 244 g/mol. The molecular formula is C14H24N2OS. The van der Waals surface area contributed by atoms with E-state index in [1.54, 1.807) is 0 Å². The van der Waals surface area contributed by atoms with Crippen molar-refractivity contribution in [1.82, 2.24) is 4.90 Å². The number of amides is 1. The lowest BCUT2D eigenvalue weighted by molar-refractivity contribution is -0.140. The summed E-state index contributed by atoms with van der Waals surface area (Å²) >= 11 is 5.19. The molecule has 1 aliphatic heterocycles. The maximum absolute atomic E-state index is 12.7. The number of hydrogen-bond donors (Lipinski definition) is 1. The third-order valence-electron chi connectivity index (χ3n) is 4.74. The van der Waals surface area contributed by atoms with Gasteiger partial charge in [-0.3, -0.25) is 4.79 Å². The highest BCUT2D eigenvalue weighted by Crippen LogP contribution is 2.41. The highest BCUT2D eigenvalue weighted by atomic mass is 32.1. The van der Waals surface area contributed by atoms with Gasteiger partial charge in [0.25, 0.3) is 0 Å². The molecule has 1 amide bonds. The topological polar surface area (TPSA) is 46.3 Å². The summed E-state index contributed by atoms with van der Waals surface area (Å²) in [5.74, 6) is 0.197. The highest BCUT2D eigenvalue weighted by molar-refractivity contribution is 7.80. The summed E-state index contributed by atoms with van der Waals surface area (Å²) < 4.78 is 0. The molecule has 2 rings (SSSR count). The first-order valence-electron chi connectivity index (χ1n) is 6.97. The number of rotatable bonds is 2. The van der Waals surface area contributed by atoms with E-state index < -0.39 is 5.41 Å². The number of hydrogen-bond acceptors (Lipinski definition) is 2. The number of likely N-dealkylation sites (tertiary alicyclic amines) is 1. The molecule has 0 bridgehead atoms. The van der Waals surface area contributed by atoms with Crippen LogP contribution in [0.4, 0.5) is 0 Å². The second-order valence-electron chi connectivity index (χ2n) is 6.61. The van der Waals surface area contributed by atoms with Crippen molar-refractivity contribution in [1.29, 1.82) is 0 Å². The van der Waals surface area contributed by atoms with Crippen LogP contribution in [0.5, 0.6) is 0 Å².